The summed E-state index contributed by atoms with van der Waals surface area (Å²) in [6.45, 7) is 0. The summed E-state index contributed by atoms with van der Waals surface area (Å²) in [4.78, 5) is 0. The number of phenolic OH excluding ortho intramolecular Hbond substituents is 1. The van der Waals surface area contributed by atoms with Gasteiger partial charge < -0.3 is 10.2 Å². The molecule has 0 radical (unpaired) electrons. The Bertz CT molecular complexity index is 438. The van der Waals surface area contributed by atoms with Crippen LogP contribution in [0.3, 0.4) is 0 Å². The molecule has 0 heterocycles. The molecule has 1 saturated carbocycles. The van der Waals surface area contributed by atoms with Crippen molar-refractivity contribution < 1.29 is 23.4 Å². The van der Waals surface area contributed by atoms with Crippen molar-refractivity contribution in [3.8, 4) is 5.75 Å². The molecule has 1 fully saturated rings. The van der Waals surface area contributed by atoms with E-state index in [1.165, 1.54) is 0 Å². The molecule has 6 heteroatoms. The van der Waals surface area contributed by atoms with E-state index in [0.717, 1.165) is 12.1 Å². The number of hydrogen-bond donors (Lipinski definition) is 2. The minimum Gasteiger partial charge on any atom is -0.506 e. The quantitative estimate of drug-likeness (QED) is 0.836. The summed E-state index contributed by atoms with van der Waals surface area (Å²) in [6, 6.07) is 1.59. The van der Waals surface area contributed by atoms with Gasteiger partial charge >= 0.3 is 6.18 Å². The zero-order chi connectivity index (χ0) is 12.1. The molecule has 0 atom stereocenters. The second-order valence-electron chi connectivity index (χ2n) is 3.88. The van der Waals surface area contributed by atoms with Crippen molar-refractivity contribution in [1.29, 1.82) is 0 Å². The number of aliphatic hydroxyl groups is 1. The normalized spacial score (nSPS) is 18.6. The van der Waals surface area contributed by atoms with Gasteiger partial charge in [-0.2, -0.15) is 13.2 Å². The maximum absolute atomic E-state index is 12.5. The van der Waals surface area contributed by atoms with E-state index in [2.05, 4.69) is 15.9 Å². The molecular weight excluding hydrogens is 289 g/mol. The number of phenols is 1. The van der Waals surface area contributed by atoms with Crippen molar-refractivity contribution in [1.82, 2.24) is 0 Å². The van der Waals surface area contributed by atoms with Crippen LogP contribution in [0.2, 0.25) is 0 Å². The van der Waals surface area contributed by atoms with Gasteiger partial charge in [0, 0.05) is 5.56 Å². The highest BCUT2D eigenvalue weighted by atomic mass is 79.9. The van der Waals surface area contributed by atoms with Crippen molar-refractivity contribution >= 4 is 15.9 Å². The van der Waals surface area contributed by atoms with Crippen LogP contribution in [0.4, 0.5) is 13.2 Å². The van der Waals surface area contributed by atoms with Gasteiger partial charge in [-0.15, -0.1) is 0 Å². The van der Waals surface area contributed by atoms with Crippen LogP contribution in [0.15, 0.2) is 16.6 Å². The minimum absolute atomic E-state index is 0.0577. The predicted molar refractivity (Wildman–Crippen MR) is 53.9 cm³/mol. The molecule has 88 valence electrons. The molecule has 0 aliphatic heterocycles. The largest absolute Gasteiger partial charge is 0.506 e. The van der Waals surface area contributed by atoms with Gasteiger partial charge in [-0.1, -0.05) is 0 Å². The molecule has 1 aliphatic rings. The van der Waals surface area contributed by atoms with Gasteiger partial charge in [0.25, 0.3) is 0 Å². The number of alkyl halides is 3. The first-order valence-electron chi connectivity index (χ1n) is 4.56. The van der Waals surface area contributed by atoms with Crippen LogP contribution in [0, 0.1) is 0 Å². The molecule has 2 rings (SSSR count). The lowest BCUT2D eigenvalue weighted by molar-refractivity contribution is -0.137. The van der Waals surface area contributed by atoms with E-state index in [-0.39, 0.29) is 15.8 Å². The summed E-state index contributed by atoms with van der Waals surface area (Å²) in [5.74, 6) is -0.326. The van der Waals surface area contributed by atoms with Crippen LogP contribution in [-0.2, 0) is 11.8 Å². The Morgan fingerprint density at radius 2 is 1.81 bits per heavy atom. The average molecular weight is 297 g/mol. The number of hydrogen-bond acceptors (Lipinski definition) is 2. The zero-order valence-electron chi connectivity index (χ0n) is 7.98. The summed E-state index contributed by atoms with van der Waals surface area (Å²) in [6.07, 6.45) is -3.75. The molecule has 1 aliphatic carbocycles. The summed E-state index contributed by atoms with van der Waals surface area (Å²) in [5.41, 5.74) is -2.24. The molecule has 16 heavy (non-hydrogen) atoms. The first kappa shape index (κ1) is 11.7. The zero-order valence-corrected chi connectivity index (χ0v) is 9.56. The van der Waals surface area contributed by atoms with Crippen molar-refractivity contribution in [2.45, 2.75) is 24.6 Å². The fourth-order valence-electron chi connectivity index (χ4n) is 1.51. The first-order chi connectivity index (χ1) is 7.24. The Labute approximate surface area is 97.8 Å². The van der Waals surface area contributed by atoms with Gasteiger partial charge in [-0.3, -0.25) is 0 Å². The molecule has 2 N–H and O–H groups in total. The molecule has 2 nitrogen and oxygen atoms in total. The van der Waals surface area contributed by atoms with Crippen LogP contribution >= 0.6 is 15.9 Å². The maximum Gasteiger partial charge on any atom is 0.416 e. The third kappa shape index (κ3) is 1.91. The maximum atomic E-state index is 12.5. The number of rotatable bonds is 1. The molecule has 0 amide bonds. The van der Waals surface area contributed by atoms with E-state index in [0.29, 0.717) is 12.8 Å². The fraction of sp³-hybridized carbons (Fsp3) is 0.400. The van der Waals surface area contributed by atoms with Gasteiger partial charge in [0.05, 0.1) is 15.6 Å². The highest BCUT2D eigenvalue weighted by Gasteiger charge is 2.46. The summed E-state index contributed by atoms with van der Waals surface area (Å²) in [7, 11) is 0. The van der Waals surface area contributed by atoms with Crippen LogP contribution in [0.25, 0.3) is 0 Å². The van der Waals surface area contributed by atoms with Crippen molar-refractivity contribution in [3.63, 3.8) is 0 Å². The number of aromatic hydroxyl groups is 1. The lowest BCUT2D eigenvalue weighted by atomic mass is 10.0. The standard InChI is InChI=1S/C10H8BrF3O2/c11-7-4-5(10(12,13)14)3-6(8(7)15)9(16)1-2-9/h3-4,15-16H,1-2H2. The third-order valence-corrected chi connectivity index (χ3v) is 3.22. The smallest absolute Gasteiger partial charge is 0.416 e. The second-order valence-corrected chi connectivity index (χ2v) is 4.74. The molecule has 0 unspecified atom stereocenters. The molecule has 0 saturated heterocycles. The van der Waals surface area contributed by atoms with Crippen molar-refractivity contribution in [3.05, 3.63) is 27.7 Å². The minimum atomic E-state index is -4.49. The van der Waals surface area contributed by atoms with E-state index in [1.54, 1.807) is 0 Å². The Morgan fingerprint density at radius 3 is 2.25 bits per heavy atom. The van der Waals surface area contributed by atoms with Crippen LogP contribution in [-0.4, -0.2) is 10.2 Å². The van der Waals surface area contributed by atoms with Crippen LogP contribution in [0.1, 0.15) is 24.0 Å². The average Bonchev–Trinajstić information content (AvgIpc) is 2.87. The SMILES string of the molecule is Oc1c(Br)cc(C(F)(F)F)cc1C1(O)CC1. The van der Waals surface area contributed by atoms with Crippen LogP contribution < -0.4 is 0 Å². The van der Waals surface area contributed by atoms with Crippen molar-refractivity contribution in [2.75, 3.05) is 0 Å². The summed E-state index contributed by atoms with van der Waals surface area (Å²) < 4.78 is 37.5. The Balaban J connectivity index is 2.57. The number of benzene rings is 1. The van der Waals surface area contributed by atoms with Crippen molar-refractivity contribution in [2.24, 2.45) is 0 Å². The highest BCUT2D eigenvalue weighted by molar-refractivity contribution is 9.10. The monoisotopic (exact) mass is 296 g/mol. The highest BCUT2D eigenvalue weighted by Crippen LogP contribution is 2.51. The Kier molecular flexibility index (Phi) is 2.47. The molecule has 0 spiro atoms. The van der Waals surface area contributed by atoms with E-state index >= 15 is 0 Å². The molecule has 0 aromatic heterocycles. The van der Waals surface area contributed by atoms with E-state index < -0.39 is 17.3 Å². The predicted octanol–water partition coefficient (Wildman–Crippen LogP) is 3.15. The topological polar surface area (TPSA) is 40.5 Å². The summed E-state index contributed by atoms with van der Waals surface area (Å²) >= 11 is 2.85. The first-order valence-corrected chi connectivity index (χ1v) is 5.36. The van der Waals surface area contributed by atoms with E-state index in [4.69, 9.17) is 0 Å². The Morgan fingerprint density at radius 1 is 1.25 bits per heavy atom. The van der Waals surface area contributed by atoms with E-state index in [1.807, 2.05) is 0 Å². The van der Waals surface area contributed by atoms with Gasteiger partial charge in [0.2, 0.25) is 0 Å². The van der Waals surface area contributed by atoms with Gasteiger partial charge in [0.1, 0.15) is 5.75 Å². The molecule has 0 bridgehead atoms. The lowest BCUT2D eigenvalue weighted by Gasteiger charge is -2.15. The Hall–Kier alpha value is -0.750. The number of halogens is 4. The molecular formula is C10H8BrF3O2. The van der Waals surface area contributed by atoms with Gasteiger partial charge in [-0.25, -0.2) is 0 Å². The fourth-order valence-corrected chi connectivity index (χ4v) is 1.97. The second kappa shape index (κ2) is 3.37. The molecule has 1 aromatic carbocycles. The van der Waals surface area contributed by atoms with Gasteiger partial charge in [-0.05, 0) is 40.9 Å². The summed E-state index contributed by atoms with van der Waals surface area (Å²) in [5, 5.41) is 19.3. The van der Waals surface area contributed by atoms with Crippen LogP contribution in [0.5, 0.6) is 5.75 Å². The van der Waals surface area contributed by atoms with Gasteiger partial charge in [0.15, 0.2) is 0 Å². The molecule has 1 aromatic rings. The third-order valence-electron chi connectivity index (χ3n) is 2.62. The van der Waals surface area contributed by atoms with E-state index in [9.17, 15) is 23.4 Å². The lowest BCUT2D eigenvalue weighted by Crippen LogP contribution is -2.10.